The topological polar surface area (TPSA) is 130 Å². The zero-order valence-corrected chi connectivity index (χ0v) is 21.2. The lowest BCUT2D eigenvalue weighted by molar-refractivity contribution is 0.0908. The maximum absolute atomic E-state index is 12.8. The first kappa shape index (κ1) is 23.5. The van der Waals surface area contributed by atoms with Crippen molar-refractivity contribution in [3.8, 4) is 17.4 Å². The minimum Gasteiger partial charge on any atom is -0.470 e. The summed E-state index contributed by atoms with van der Waals surface area (Å²) in [4.78, 5) is 17.2. The number of benzene rings is 1. The molecule has 1 saturated carbocycles. The van der Waals surface area contributed by atoms with E-state index >= 15 is 0 Å². The standard InChI is InChI=1S/C28H25N7O4/c1-37-15-20-12-24(34-39-20)26-32-31-25-21-4-2-3-5-22(21)28(33-35(25)26)38-14-19-8-7-17(13-29-19)27(36)30-23-9-6-16-10-18(23)11-16/h2-8,12-13,18,23H,9-11,14-15H2,1H3,(H,30,36)/t23-/m0/s1. The first-order chi connectivity index (χ1) is 19.2. The van der Waals surface area contributed by atoms with Crippen molar-refractivity contribution in [3.63, 3.8) is 0 Å². The first-order valence-corrected chi connectivity index (χ1v) is 12.8. The summed E-state index contributed by atoms with van der Waals surface area (Å²) < 4.78 is 18.2. The van der Waals surface area contributed by atoms with Gasteiger partial charge in [-0.15, -0.1) is 15.3 Å². The third-order valence-corrected chi connectivity index (χ3v) is 7.34. The number of fused-ring (bicyclic) bond motifs is 5. The van der Waals surface area contributed by atoms with Gasteiger partial charge >= 0.3 is 0 Å². The Morgan fingerprint density at radius 3 is 2.77 bits per heavy atom. The van der Waals surface area contributed by atoms with E-state index in [1.54, 1.807) is 36.0 Å². The smallest absolute Gasteiger partial charge is 0.253 e. The molecular formula is C28H25N7O4. The number of hydrogen-bond acceptors (Lipinski definition) is 9. The van der Waals surface area contributed by atoms with Crippen molar-refractivity contribution in [1.29, 1.82) is 0 Å². The van der Waals surface area contributed by atoms with Gasteiger partial charge in [0.15, 0.2) is 17.1 Å². The van der Waals surface area contributed by atoms with E-state index in [1.807, 2.05) is 24.3 Å². The normalized spacial score (nSPS) is 18.1. The Labute approximate surface area is 222 Å². The molecule has 4 aromatic heterocycles. The maximum atomic E-state index is 12.8. The van der Waals surface area contributed by atoms with Crippen LogP contribution in [0.25, 0.3) is 27.9 Å². The third-order valence-electron chi connectivity index (χ3n) is 7.34. The molecule has 39 heavy (non-hydrogen) atoms. The Morgan fingerprint density at radius 2 is 2.00 bits per heavy atom. The number of aromatic nitrogens is 6. The van der Waals surface area contributed by atoms with Gasteiger partial charge in [-0.3, -0.25) is 9.78 Å². The molecule has 8 rings (SSSR count). The number of carbonyl (C=O) groups excluding carboxylic acids is 1. The molecule has 5 aromatic rings. The van der Waals surface area contributed by atoms with Crippen LogP contribution in [-0.2, 0) is 18.0 Å². The van der Waals surface area contributed by atoms with Crippen molar-refractivity contribution < 1.29 is 18.8 Å². The SMILES string of the molecule is COCc1cc(-c2nnc3c4ccccc4c(OCc4ccc(C(=O)N[C@H]5CC=C6CC5C6)cn4)nn23)no1. The highest BCUT2D eigenvalue weighted by molar-refractivity contribution is 5.97. The number of nitrogens with one attached hydrogen (secondary N) is 1. The molecular weight excluding hydrogens is 498 g/mol. The molecule has 11 nitrogen and oxygen atoms in total. The monoisotopic (exact) mass is 523 g/mol. The summed E-state index contributed by atoms with van der Waals surface area (Å²) in [6.45, 7) is 0.462. The van der Waals surface area contributed by atoms with Gasteiger partial charge in [-0.1, -0.05) is 35.0 Å². The zero-order chi connectivity index (χ0) is 26.3. The summed E-state index contributed by atoms with van der Waals surface area (Å²) in [5.41, 5.74) is 3.79. The second-order valence-electron chi connectivity index (χ2n) is 9.89. The molecule has 3 aliphatic carbocycles. The molecule has 1 N–H and O–H groups in total. The van der Waals surface area contributed by atoms with Gasteiger partial charge in [0, 0.05) is 36.2 Å². The molecule has 0 saturated heterocycles. The highest BCUT2D eigenvalue weighted by Crippen LogP contribution is 2.41. The number of nitrogens with zero attached hydrogens (tertiary/aromatic N) is 6. The highest BCUT2D eigenvalue weighted by atomic mass is 16.5. The van der Waals surface area contributed by atoms with Crippen LogP contribution in [0, 0.1) is 5.92 Å². The minimum atomic E-state index is -0.0940. The highest BCUT2D eigenvalue weighted by Gasteiger charge is 2.35. The molecule has 11 heteroatoms. The molecule has 3 aliphatic rings. The molecule has 0 unspecified atom stereocenters. The van der Waals surface area contributed by atoms with Gasteiger partial charge in [-0.05, 0) is 43.4 Å². The lowest BCUT2D eigenvalue weighted by Crippen LogP contribution is -2.45. The van der Waals surface area contributed by atoms with E-state index in [0.717, 1.165) is 30.0 Å². The van der Waals surface area contributed by atoms with Crippen LogP contribution < -0.4 is 10.1 Å². The van der Waals surface area contributed by atoms with E-state index in [4.69, 9.17) is 19.1 Å². The van der Waals surface area contributed by atoms with Gasteiger partial charge in [0.25, 0.3) is 5.91 Å². The van der Waals surface area contributed by atoms with E-state index in [0.29, 0.717) is 52.6 Å². The van der Waals surface area contributed by atoms with Gasteiger partial charge in [-0.25, -0.2) is 0 Å². The van der Waals surface area contributed by atoms with Crippen LogP contribution in [0.5, 0.6) is 5.88 Å². The van der Waals surface area contributed by atoms with Gasteiger partial charge < -0.3 is 19.3 Å². The minimum absolute atomic E-state index is 0.0940. The van der Waals surface area contributed by atoms with Crippen LogP contribution >= 0.6 is 0 Å². The lowest BCUT2D eigenvalue weighted by Gasteiger charge is -2.40. The Hall–Kier alpha value is -4.64. The van der Waals surface area contributed by atoms with E-state index in [9.17, 15) is 4.79 Å². The van der Waals surface area contributed by atoms with Crippen LogP contribution in [0.1, 0.15) is 41.1 Å². The van der Waals surface area contributed by atoms with Crippen LogP contribution in [-0.4, -0.2) is 49.0 Å². The number of carbonyl (C=O) groups is 1. The number of ether oxygens (including phenoxy) is 2. The summed E-state index contributed by atoms with van der Waals surface area (Å²) in [6, 6.07) is 13.2. The van der Waals surface area contributed by atoms with Gasteiger partial charge in [0.2, 0.25) is 11.7 Å². The van der Waals surface area contributed by atoms with Crippen LogP contribution in [0.15, 0.2) is 64.8 Å². The van der Waals surface area contributed by atoms with E-state index < -0.39 is 0 Å². The van der Waals surface area contributed by atoms with E-state index in [1.165, 1.54) is 5.57 Å². The second-order valence-corrected chi connectivity index (χ2v) is 9.89. The fraction of sp³-hybridized carbons (Fsp3) is 0.286. The zero-order valence-electron chi connectivity index (χ0n) is 21.2. The molecule has 196 valence electrons. The molecule has 0 aliphatic heterocycles. The van der Waals surface area contributed by atoms with Crippen molar-refractivity contribution >= 4 is 22.3 Å². The number of hydrogen-bond donors (Lipinski definition) is 1. The molecule has 1 fully saturated rings. The van der Waals surface area contributed by atoms with Gasteiger partial charge in [0.05, 0.1) is 11.3 Å². The number of allylic oxidation sites excluding steroid dienone is 1. The van der Waals surface area contributed by atoms with E-state index in [2.05, 4.69) is 31.7 Å². The lowest BCUT2D eigenvalue weighted by atomic mass is 9.69. The first-order valence-electron chi connectivity index (χ1n) is 12.8. The molecule has 2 bridgehead atoms. The molecule has 1 aromatic carbocycles. The predicted molar refractivity (Wildman–Crippen MR) is 140 cm³/mol. The van der Waals surface area contributed by atoms with Crippen LogP contribution in [0.4, 0.5) is 0 Å². The Morgan fingerprint density at radius 1 is 1.13 bits per heavy atom. The average molecular weight is 524 g/mol. The van der Waals surface area contributed by atoms with Crippen molar-refractivity contribution in [3.05, 3.63) is 77.3 Å². The predicted octanol–water partition coefficient (Wildman–Crippen LogP) is 3.89. The van der Waals surface area contributed by atoms with Crippen LogP contribution in [0.3, 0.4) is 0 Å². The van der Waals surface area contributed by atoms with Crippen molar-refractivity contribution in [2.45, 2.75) is 38.5 Å². The molecule has 0 spiro atoms. The Bertz CT molecular complexity index is 1720. The van der Waals surface area contributed by atoms with Gasteiger partial charge in [0.1, 0.15) is 13.2 Å². The Kier molecular flexibility index (Phi) is 5.77. The number of amides is 1. The quantitative estimate of drug-likeness (QED) is 0.301. The number of methoxy groups -OCH3 is 1. The largest absolute Gasteiger partial charge is 0.470 e. The third kappa shape index (κ3) is 4.30. The molecule has 1 atom stereocenters. The fourth-order valence-corrected chi connectivity index (χ4v) is 5.21. The second kappa shape index (κ2) is 9.59. The molecule has 0 radical (unpaired) electrons. The summed E-state index contributed by atoms with van der Waals surface area (Å²) in [6.07, 6.45) is 6.98. The molecule has 4 heterocycles. The van der Waals surface area contributed by atoms with Crippen molar-refractivity contribution in [2.75, 3.05) is 7.11 Å². The summed E-state index contributed by atoms with van der Waals surface area (Å²) >= 11 is 0. The fourth-order valence-electron chi connectivity index (χ4n) is 5.21. The summed E-state index contributed by atoms with van der Waals surface area (Å²) in [5, 5.41) is 22.2. The van der Waals surface area contributed by atoms with Gasteiger partial charge in [-0.2, -0.15) is 4.52 Å². The van der Waals surface area contributed by atoms with Crippen molar-refractivity contribution in [1.82, 2.24) is 35.3 Å². The summed E-state index contributed by atoms with van der Waals surface area (Å²) in [7, 11) is 1.58. The molecule has 1 amide bonds. The maximum Gasteiger partial charge on any atom is 0.253 e. The number of rotatable bonds is 8. The van der Waals surface area contributed by atoms with Crippen LogP contribution in [0.2, 0.25) is 0 Å². The number of pyridine rings is 1. The van der Waals surface area contributed by atoms with E-state index in [-0.39, 0.29) is 18.6 Å². The summed E-state index contributed by atoms with van der Waals surface area (Å²) in [5.74, 6) is 1.86. The Balaban J connectivity index is 1.12. The van der Waals surface area contributed by atoms with Crippen molar-refractivity contribution in [2.24, 2.45) is 5.92 Å². The average Bonchev–Trinajstić information content (AvgIpc) is 3.59.